The average molecular weight is 474 g/mol. The molecule has 2 saturated heterocycles. The minimum Gasteiger partial charge on any atom is -0.369 e. The SMILES string of the molecule is CN1CC[C@@](O)(C#Cc2cccc(-c3nc(C(N)=O)cc(N4CC[C@H]4c4cccs4)n3)c2)C1=O. The van der Waals surface area contributed by atoms with Gasteiger partial charge >= 0.3 is 0 Å². The standard InChI is InChI=1S/C25H23N5O3S/c1-29-12-10-25(33,24(29)32)9-7-16-4-2-5-17(14-16)23-27-18(22(26)31)15-21(28-23)30-11-8-19(30)20-6-3-13-34-20/h2-6,13-15,19,33H,8,10-12H2,1H3,(H2,26,31)/t19-,25-/m0/s1. The minimum absolute atomic E-state index is 0.141. The van der Waals surface area contributed by atoms with E-state index in [9.17, 15) is 14.7 Å². The topological polar surface area (TPSA) is 113 Å². The molecule has 0 aliphatic carbocycles. The van der Waals surface area contributed by atoms with Gasteiger partial charge in [0, 0.05) is 48.6 Å². The zero-order valence-corrected chi connectivity index (χ0v) is 19.4. The summed E-state index contributed by atoms with van der Waals surface area (Å²) in [4.78, 5) is 38.2. The molecule has 34 heavy (non-hydrogen) atoms. The molecule has 0 spiro atoms. The Morgan fingerprint density at radius 2 is 2.09 bits per heavy atom. The third kappa shape index (κ3) is 4.02. The van der Waals surface area contributed by atoms with Gasteiger partial charge < -0.3 is 20.6 Å². The lowest BCUT2D eigenvalue weighted by Gasteiger charge is -2.41. The highest BCUT2D eigenvalue weighted by atomic mass is 32.1. The Hall–Kier alpha value is -3.74. The van der Waals surface area contributed by atoms with Crippen molar-refractivity contribution >= 4 is 29.0 Å². The first kappa shape index (κ1) is 22.1. The van der Waals surface area contributed by atoms with Crippen molar-refractivity contribution in [1.82, 2.24) is 14.9 Å². The molecule has 4 heterocycles. The lowest BCUT2D eigenvalue weighted by Crippen LogP contribution is -2.41. The highest BCUT2D eigenvalue weighted by Crippen LogP contribution is 2.39. The van der Waals surface area contributed by atoms with Crippen molar-refractivity contribution in [2.24, 2.45) is 5.73 Å². The first-order chi connectivity index (χ1) is 16.3. The van der Waals surface area contributed by atoms with Gasteiger partial charge in [-0.3, -0.25) is 9.59 Å². The van der Waals surface area contributed by atoms with E-state index >= 15 is 0 Å². The number of nitrogens with zero attached hydrogens (tertiary/aromatic N) is 4. The van der Waals surface area contributed by atoms with Crippen LogP contribution in [-0.4, -0.2) is 57.5 Å². The molecule has 2 atom stereocenters. The van der Waals surface area contributed by atoms with E-state index in [0.717, 1.165) is 13.0 Å². The number of benzene rings is 1. The number of anilines is 1. The molecule has 0 unspecified atom stereocenters. The maximum Gasteiger partial charge on any atom is 0.267 e. The Kier molecular flexibility index (Phi) is 5.55. The van der Waals surface area contributed by atoms with Crippen molar-refractivity contribution in [3.05, 3.63) is 64.0 Å². The summed E-state index contributed by atoms with van der Waals surface area (Å²) in [6, 6.07) is 13.1. The summed E-state index contributed by atoms with van der Waals surface area (Å²) < 4.78 is 0. The van der Waals surface area contributed by atoms with Crippen molar-refractivity contribution in [3.8, 4) is 23.2 Å². The average Bonchev–Trinajstić information content (AvgIpc) is 3.42. The van der Waals surface area contributed by atoms with Gasteiger partial charge in [-0.1, -0.05) is 30.0 Å². The van der Waals surface area contributed by atoms with Crippen LogP contribution in [0.5, 0.6) is 0 Å². The molecular formula is C25H23N5O3S. The molecule has 3 aromatic rings. The highest BCUT2D eigenvalue weighted by molar-refractivity contribution is 7.10. The van der Waals surface area contributed by atoms with Gasteiger partial charge in [0.1, 0.15) is 11.5 Å². The number of hydrogen-bond donors (Lipinski definition) is 2. The smallest absolute Gasteiger partial charge is 0.267 e. The number of amides is 2. The molecule has 2 fully saturated rings. The molecule has 0 saturated carbocycles. The van der Waals surface area contributed by atoms with Gasteiger partial charge in [-0.25, -0.2) is 9.97 Å². The van der Waals surface area contributed by atoms with Gasteiger partial charge in [0.05, 0.1) is 6.04 Å². The summed E-state index contributed by atoms with van der Waals surface area (Å²) in [6.45, 7) is 1.29. The van der Waals surface area contributed by atoms with Gasteiger partial charge in [0.25, 0.3) is 11.8 Å². The maximum atomic E-state index is 12.2. The molecular weight excluding hydrogens is 450 g/mol. The molecule has 8 nitrogen and oxygen atoms in total. The van der Waals surface area contributed by atoms with Crippen molar-refractivity contribution in [2.45, 2.75) is 24.5 Å². The van der Waals surface area contributed by atoms with Crippen LogP contribution in [-0.2, 0) is 4.79 Å². The van der Waals surface area contributed by atoms with E-state index in [1.54, 1.807) is 42.6 Å². The normalized spacial score (nSPS) is 21.7. The molecule has 5 rings (SSSR count). The highest BCUT2D eigenvalue weighted by Gasteiger charge is 2.42. The predicted molar refractivity (Wildman–Crippen MR) is 129 cm³/mol. The maximum absolute atomic E-state index is 12.2. The van der Waals surface area contributed by atoms with Crippen LogP contribution in [0.4, 0.5) is 5.82 Å². The van der Waals surface area contributed by atoms with E-state index in [1.165, 1.54) is 9.78 Å². The number of carbonyl (C=O) groups excluding carboxylic acids is 2. The number of thiophene rings is 1. The summed E-state index contributed by atoms with van der Waals surface area (Å²) in [6.07, 6.45) is 1.27. The van der Waals surface area contributed by atoms with E-state index in [-0.39, 0.29) is 18.2 Å². The lowest BCUT2D eigenvalue weighted by molar-refractivity contribution is -0.137. The third-order valence-corrected chi connectivity index (χ3v) is 7.17. The minimum atomic E-state index is -1.67. The fourth-order valence-corrected chi connectivity index (χ4v) is 5.03. The number of aliphatic hydroxyl groups is 1. The van der Waals surface area contributed by atoms with Gasteiger partial charge in [0.2, 0.25) is 5.60 Å². The van der Waals surface area contributed by atoms with Crippen molar-refractivity contribution in [2.75, 3.05) is 25.0 Å². The predicted octanol–water partition coefficient (Wildman–Crippen LogP) is 2.20. The summed E-state index contributed by atoms with van der Waals surface area (Å²) in [5.41, 5.74) is 5.30. The van der Waals surface area contributed by atoms with Crippen molar-refractivity contribution in [3.63, 3.8) is 0 Å². The first-order valence-corrected chi connectivity index (χ1v) is 11.8. The molecule has 0 bridgehead atoms. The molecule has 2 amide bonds. The van der Waals surface area contributed by atoms with Crippen molar-refractivity contribution < 1.29 is 14.7 Å². The van der Waals surface area contributed by atoms with E-state index in [2.05, 4.69) is 27.8 Å². The van der Waals surface area contributed by atoms with Crippen LogP contribution in [0.15, 0.2) is 47.8 Å². The summed E-state index contributed by atoms with van der Waals surface area (Å²) in [5, 5.41) is 12.6. The van der Waals surface area contributed by atoms with Crippen molar-refractivity contribution in [1.29, 1.82) is 0 Å². The second kappa shape index (κ2) is 8.56. The molecule has 3 N–H and O–H groups in total. The van der Waals surface area contributed by atoms with E-state index < -0.39 is 17.4 Å². The van der Waals surface area contributed by atoms with Gasteiger partial charge in [-0.05, 0) is 30.0 Å². The number of primary amides is 1. The van der Waals surface area contributed by atoms with Gasteiger partial charge in [-0.2, -0.15) is 0 Å². The zero-order chi connectivity index (χ0) is 23.9. The van der Waals surface area contributed by atoms with E-state index in [4.69, 9.17) is 10.7 Å². The van der Waals surface area contributed by atoms with Crippen LogP contribution in [0.1, 0.15) is 39.8 Å². The second-order valence-corrected chi connectivity index (χ2v) is 9.46. The first-order valence-electron chi connectivity index (χ1n) is 10.9. The van der Waals surface area contributed by atoms with E-state index in [0.29, 0.717) is 29.3 Å². The largest absolute Gasteiger partial charge is 0.369 e. The molecule has 2 aromatic heterocycles. The third-order valence-electron chi connectivity index (χ3n) is 6.19. The quantitative estimate of drug-likeness (QED) is 0.562. The molecule has 1 aromatic carbocycles. The number of likely N-dealkylation sites (tertiary alicyclic amines) is 1. The number of hydrogen-bond acceptors (Lipinski definition) is 7. The van der Waals surface area contributed by atoms with Crippen LogP contribution in [0.3, 0.4) is 0 Å². The molecule has 0 radical (unpaired) electrons. The molecule has 2 aliphatic rings. The van der Waals surface area contributed by atoms with Crippen LogP contribution >= 0.6 is 11.3 Å². The van der Waals surface area contributed by atoms with Crippen LogP contribution in [0.2, 0.25) is 0 Å². The number of carbonyl (C=O) groups is 2. The fourth-order valence-electron chi connectivity index (χ4n) is 4.16. The second-order valence-electron chi connectivity index (χ2n) is 8.48. The summed E-state index contributed by atoms with van der Waals surface area (Å²) in [5.74, 6) is 5.62. The zero-order valence-electron chi connectivity index (χ0n) is 18.6. The number of aromatic nitrogens is 2. The Balaban J connectivity index is 1.48. The molecule has 9 heteroatoms. The van der Waals surface area contributed by atoms with Crippen LogP contribution in [0, 0.1) is 11.8 Å². The summed E-state index contributed by atoms with van der Waals surface area (Å²) in [7, 11) is 1.64. The number of rotatable bonds is 4. The monoisotopic (exact) mass is 473 g/mol. The Morgan fingerprint density at radius 1 is 1.24 bits per heavy atom. The lowest BCUT2D eigenvalue weighted by atomic mass is 10.0. The Labute approximate surface area is 201 Å². The Bertz CT molecular complexity index is 1330. The number of likely N-dealkylation sites (N-methyl/N-ethyl adjacent to an activating group) is 1. The van der Waals surface area contributed by atoms with Gasteiger partial charge in [-0.15, -0.1) is 11.3 Å². The van der Waals surface area contributed by atoms with Crippen LogP contribution in [0.25, 0.3) is 11.4 Å². The van der Waals surface area contributed by atoms with E-state index in [1.807, 2.05) is 17.5 Å². The molecule has 172 valence electrons. The van der Waals surface area contributed by atoms with Gasteiger partial charge in [0.15, 0.2) is 5.82 Å². The fraction of sp³-hybridized carbons (Fsp3) is 0.280. The molecule has 2 aliphatic heterocycles. The summed E-state index contributed by atoms with van der Waals surface area (Å²) >= 11 is 1.69. The number of nitrogens with two attached hydrogens (primary N) is 1. The van der Waals surface area contributed by atoms with Crippen LogP contribution < -0.4 is 10.6 Å². The Morgan fingerprint density at radius 3 is 2.74 bits per heavy atom.